The van der Waals surface area contributed by atoms with Gasteiger partial charge in [0.05, 0.1) is 17.8 Å². The number of rotatable bonds is 6. The summed E-state index contributed by atoms with van der Waals surface area (Å²) in [6.07, 6.45) is 4.41. The van der Waals surface area contributed by atoms with E-state index in [0.29, 0.717) is 34.3 Å². The Bertz CT molecular complexity index is 1400. The maximum Gasteiger partial charge on any atom is 0.277 e. The molecule has 1 aliphatic rings. The van der Waals surface area contributed by atoms with Crippen LogP contribution in [0.3, 0.4) is 0 Å². The summed E-state index contributed by atoms with van der Waals surface area (Å²) < 4.78 is 2.37. The van der Waals surface area contributed by atoms with Gasteiger partial charge in [-0.15, -0.1) is 0 Å². The molecule has 3 aromatic rings. The van der Waals surface area contributed by atoms with Gasteiger partial charge >= 0.3 is 0 Å². The Morgan fingerprint density at radius 2 is 2.05 bits per heavy atom. The van der Waals surface area contributed by atoms with Crippen LogP contribution in [0.2, 0.25) is 0 Å². The highest BCUT2D eigenvalue weighted by atomic mass is 79.9. The number of fused-ring (bicyclic) bond motifs is 1. The van der Waals surface area contributed by atoms with E-state index < -0.39 is 5.91 Å². The average Bonchev–Trinajstić information content (AvgIpc) is 3.27. The van der Waals surface area contributed by atoms with E-state index in [0.717, 1.165) is 24.0 Å². The Hall–Kier alpha value is -3.80. The molecule has 12 heteroatoms. The second-order valence-corrected chi connectivity index (χ2v) is 10.1. The lowest BCUT2D eigenvalue weighted by atomic mass is 10.1. The molecule has 1 atom stereocenters. The van der Waals surface area contributed by atoms with Crippen LogP contribution >= 0.6 is 15.9 Å². The normalized spacial score (nSPS) is 15.5. The fourth-order valence-electron chi connectivity index (χ4n) is 4.41. The van der Waals surface area contributed by atoms with Crippen molar-refractivity contribution in [1.82, 2.24) is 29.5 Å². The van der Waals surface area contributed by atoms with Gasteiger partial charge in [-0.2, -0.15) is 5.10 Å². The molecule has 0 bridgehead atoms. The summed E-state index contributed by atoms with van der Waals surface area (Å²) in [7, 11) is 3.41. The number of hydrogen-bond donors (Lipinski definition) is 2. The van der Waals surface area contributed by atoms with Crippen molar-refractivity contribution in [3.63, 3.8) is 0 Å². The van der Waals surface area contributed by atoms with Gasteiger partial charge in [0, 0.05) is 37.3 Å². The average molecular weight is 569 g/mol. The molecular formula is C25H29BrN8O3. The van der Waals surface area contributed by atoms with Gasteiger partial charge in [-0.3, -0.25) is 14.4 Å². The van der Waals surface area contributed by atoms with Gasteiger partial charge in [-0.1, -0.05) is 28.6 Å². The topological polar surface area (TPSA) is 139 Å². The number of carbonyl (C=O) groups excluding carboxylic acids is 3. The summed E-state index contributed by atoms with van der Waals surface area (Å²) in [5.74, 6) is -0.496. The number of hydrogen-bond acceptors (Lipinski definition) is 7. The summed E-state index contributed by atoms with van der Waals surface area (Å²) in [5, 5.41) is 7.89. The minimum atomic E-state index is -0.466. The van der Waals surface area contributed by atoms with Crippen molar-refractivity contribution in [3.8, 4) is 0 Å². The number of amides is 3. The summed E-state index contributed by atoms with van der Waals surface area (Å²) in [6, 6.07) is 3.45. The number of nitrogens with two attached hydrogens (primary N) is 1. The van der Waals surface area contributed by atoms with Gasteiger partial charge in [0.2, 0.25) is 11.8 Å². The molecule has 0 aliphatic carbocycles. The number of benzene rings is 1. The number of aromatic nitrogens is 4. The number of carbonyl (C=O) groups is 3. The fraction of sp³-hybridized carbons (Fsp3) is 0.360. The molecule has 194 valence electrons. The summed E-state index contributed by atoms with van der Waals surface area (Å²) in [4.78, 5) is 49.5. The molecule has 11 nitrogen and oxygen atoms in total. The van der Waals surface area contributed by atoms with Crippen LogP contribution in [0.4, 0.5) is 11.5 Å². The van der Waals surface area contributed by atoms with Crippen LogP contribution in [0.25, 0.3) is 11.0 Å². The molecule has 1 unspecified atom stereocenters. The quantitative estimate of drug-likeness (QED) is 0.435. The molecule has 0 radical (unpaired) electrons. The Labute approximate surface area is 222 Å². The number of anilines is 2. The van der Waals surface area contributed by atoms with Crippen molar-refractivity contribution in [1.29, 1.82) is 0 Å². The molecule has 1 fully saturated rings. The van der Waals surface area contributed by atoms with E-state index in [9.17, 15) is 14.4 Å². The number of nitrogens with one attached hydrogen (secondary N) is 1. The number of nitrogens with zero attached hydrogens (tertiary/aromatic N) is 6. The van der Waals surface area contributed by atoms with Crippen LogP contribution < -0.4 is 11.1 Å². The van der Waals surface area contributed by atoms with E-state index >= 15 is 0 Å². The first kappa shape index (κ1) is 26.3. The van der Waals surface area contributed by atoms with Crippen LogP contribution in [0, 0.1) is 6.92 Å². The van der Waals surface area contributed by atoms with Gasteiger partial charge in [0.15, 0.2) is 11.3 Å². The molecule has 3 heterocycles. The van der Waals surface area contributed by atoms with Crippen molar-refractivity contribution >= 4 is 56.2 Å². The lowest BCUT2D eigenvalue weighted by Gasteiger charge is -2.32. The van der Waals surface area contributed by atoms with Gasteiger partial charge in [0.25, 0.3) is 5.91 Å². The molecule has 37 heavy (non-hydrogen) atoms. The zero-order valence-electron chi connectivity index (χ0n) is 21.0. The van der Waals surface area contributed by atoms with Crippen LogP contribution in [-0.2, 0) is 16.0 Å². The van der Waals surface area contributed by atoms with E-state index in [2.05, 4.69) is 42.9 Å². The van der Waals surface area contributed by atoms with E-state index in [1.165, 1.54) is 17.3 Å². The number of piperidine rings is 1. The zero-order chi connectivity index (χ0) is 26.9. The molecule has 1 saturated heterocycles. The Kier molecular flexibility index (Phi) is 7.58. The van der Waals surface area contributed by atoms with Gasteiger partial charge in [-0.05, 0) is 43.0 Å². The predicted molar refractivity (Wildman–Crippen MR) is 144 cm³/mol. The minimum absolute atomic E-state index is 0.0274. The third kappa shape index (κ3) is 5.33. The number of likely N-dealkylation sites (N-methyl/N-ethyl adjacent to an activating group) is 1. The second kappa shape index (κ2) is 10.7. The van der Waals surface area contributed by atoms with Crippen molar-refractivity contribution in [2.24, 2.45) is 0 Å². The monoisotopic (exact) mass is 568 g/mol. The maximum atomic E-state index is 13.5. The fourth-order valence-corrected chi connectivity index (χ4v) is 4.89. The molecule has 0 spiro atoms. The Balaban J connectivity index is 1.66. The van der Waals surface area contributed by atoms with E-state index in [1.54, 1.807) is 29.7 Å². The SMILES string of the molecule is C=CC(=O)N1CCCC(n2nc(C(=O)Nc3cc(Br)c(CC(=O)N(C)C)cc3C)c3c(N)ncnc32)C1. The van der Waals surface area contributed by atoms with Crippen molar-refractivity contribution in [2.75, 3.05) is 38.2 Å². The lowest BCUT2D eigenvalue weighted by Crippen LogP contribution is -2.40. The van der Waals surface area contributed by atoms with Crippen LogP contribution in [0.15, 0.2) is 35.6 Å². The van der Waals surface area contributed by atoms with Gasteiger partial charge in [-0.25, -0.2) is 14.6 Å². The van der Waals surface area contributed by atoms with Crippen LogP contribution in [0.5, 0.6) is 0 Å². The lowest BCUT2D eigenvalue weighted by molar-refractivity contribution is -0.128. The zero-order valence-corrected chi connectivity index (χ0v) is 22.6. The standard InChI is InChI=1S/C25H29BrN8O3/c1-5-19(35)33-8-6-7-16(12-33)34-24-21(23(27)28-13-29-24)22(31-34)25(37)30-18-11-17(26)15(9-14(18)2)10-20(36)32(3)4/h5,9,11,13,16H,1,6-8,10,12H2,2-4H3,(H,30,37)(H2,27,28,29). The van der Waals surface area contributed by atoms with Crippen LogP contribution in [-0.4, -0.2) is 74.5 Å². The molecule has 3 amide bonds. The van der Waals surface area contributed by atoms with Gasteiger partial charge < -0.3 is 20.9 Å². The third-order valence-electron chi connectivity index (χ3n) is 6.44. The van der Waals surface area contributed by atoms with Crippen molar-refractivity contribution in [2.45, 2.75) is 32.2 Å². The number of halogens is 1. The highest BCUT2D eigenvalue weighted by Crippen LogP contribution is 2.31. The first-order valence-corrected chi connectivity index (χ1v) is 12.6. The largest absolute Gasteiger partial charge is 0.383 e. The second-order valence-electron chi connectivity index (χ2n) is 9.21. The molecular weight excluding hydrogens is 540 g/mol. The number of aryl methyl sites for hydroxylation is 1. The maximum absolute atomic E-state index is 13.5. The highest BCUT2D eigenvalue weighted by Gasteiger charge is 2.29. The van der Waals surface area contributed by atoms with E-state index in [1.807, 2.05) is 13.0 Å². The molecule has 2 aromatic heterocycles. The first-order valence-electron chi connectivity index (χ1n) is 11.8. The predicted octanol–water partition coefficient (Wildman–Crippen LogP) is 2.71. The Morgan fingerprint density at radius 3 is 2.76 bits per heavy atom. The molecule has 0 saturated carbocycles. The first-order chi connectivity index (χ1) is 17.6. The van der Waals surface area contributed by atoms with E-state index in [-0.39, 0.29) is 35.8 Å². The molecule has 3 N–H and O–H groups in total. The van der Waals surface area contributed by atoms with Crippen molar-refractivity contribution in [3.05, 3.63) is 52.4 Å². The summed E-state index contributed by atoms with van der Waals surface area (Å²) in [6.45, 7) is 6.49. The molecule has 4 rings (SSSR count). The minimum Gasteiger partial charge on any atom is -0.383 e. The highest BCUT2D eigenvalue weighted by molar-refractivity contribution is 9.10. The number of likely N-dealkylation sites (tertiary alicyclic amines) is 1. The Morgan fingerprint density at radius 1 is 1.30 bits per heavy atom. The van der Waals surface area contributed by atoms with Crippen molar-refractivity contribution < 1.29 is 14.4 Å². The van der Waals surface area contributed by atoms with Crippen LogP contribution in [0.1, 0.15) is 40.5 Å². The van der Waals surface area contributed by atoms with E-state index in [4.69, 9.17) is 5.73 Å². The number of nitrogen functional groups attached to an aromatic ring is 1. The molecule has 1 aromatic carbocycles. The summed E-state index contributed by atoms with van der Waals surface area (Å²) >= 11 is 3.51. The molecule has 1 aliphatic heterocycles. The summed E-state index contributed by atoms with van der Waals surface area (Å²) in [5.41, 5.74) is 8.88. The van der Waals surface area contributed by atoms with Gasteiger partial charge in [0.1, 0.15) is 12.1 Å². The smallest absolute Gasteiger partial charge is 0.277 e. The third-order valence-corrected chi connectivity index (χ3v) is 7.18.